The van der Waals surface area contributed by atoms with Crippen LogP contribution in [0.25, 0.3) is 0 Å². The minimum absolute atomic E-state index is 0.0198. The molecule has 2 fully saturated rings. The first-order valence-electron chi connectivity index (χ1n) is 10.3. The topological polar surface area (TPSA) is 90.3 Å². The van der Waals surface area contributed by atoms with Crippen LogP contribution in [0.15, 0.2) is 24.8 Å². The first-order valence-corrected chi connectivity index (χ1v) is 11.9. The fourth-order valence-electron chi connectivity index (χ4n) is 6.78. The van der Waals surface area contributed by atoms with Crippen LogP contribution < -0.4 is 4.74 Å². The third kappa shape index (κ3) is 2.49. The third-order valence-electron chi connectivity index (χ3n) is 7.83. The number of rotatable bonds is 5. The van der Waals surface area contributed by atoms with E-state index >= 15 is 0 Å². The summed E-state index contributed by atoms with van der Waals surface area (Å²) in [5, 5.41) is 22.7. The molecule has 5 atom stereocenters. The number of hydrogen-bond donors (Lipinski definition) is 2. The van der Waals surface area contributed by atoms with Gasteiger partial charge < -0.3 is 14.9 Å². The molecule has 164 valence electrons. The van der Waals surface area contributed by atoms with Crippen molar-refractivity contribution in [3.05, 3.63) is 35.9 Å². The molecule has 5 rings (SSSR count). The lowest BCUT2D eigenvalue weighted by Gasteiger charge is -2.64. The molecule has 2 aliphatic heterocycles. The summed E-state index contributed by atoms with van der Waals surface area (Å²) in [6, 6.07) is 2.98. The molecule has 0 radical (unpaired) electrons. The van der Waals surface area contributed by atoms with Crippen molar-refractivity contribution >= 4 is 10.2 Å². The standard InChI is InChI=1S/C21H27FN2O5S/c1-3-9-24-10-8-20-17-13-4-5-15(25)18(17)29-19(20)14(23(2)12-30(22,27)28)6-7-21(20,26)16(24)11-13/h3-5,14,16,19,25-26H,1,6-12H2,2H3/t14-,16?,19?,20+,21-/m1/s1. The maximum Gasteiger partial charge on any atom is 0.315 e. The number of ether oxygens (including phenoxy) is 1. The van der Waals surface area contributed by atoms with E-state index in [0.29, 0.717) is 38.0 Å². The lowest BCUT2D eigenvalue weighted by atomic mass is 9.48. The van der Waals surface area contributed by atoms with Gasteiger partial charge in [-0.1, -0.05) is 12.1 Å². The quantitative estimate of drug-likeness (QED) is 0.529. The van der Waals surface area contributed by atoms with E-state index in [4.69, 9.17) is 4.74 Å². The second-order valence-corrected chi connectivity index (χ2v) is 10.5. The average molecular weight is 439 g/mol. The zero-order valence-electron chi connectivity index (χ0n) is 16.9. The second kappa shape index (κ2) is 6.41. The van der Waals surface area contributed by atoms with E-state index in [-0.39, 0.29) is 11.8 Å². The molecule has 30 heavy (non-hydrogen) atoms. The molecular weight excluding hydrogens is 411 g/mol. The summed E-state index contributed by atoms with van der Waals surface area (Å²) in [6.07, 6.45) is 3.43. The Morgan fingerprint density at radius 3 is 2.90 bits per heavy atom. The van der Waals surface area contributed by atoms with Gasteiger partial charge in [-0.05, 0) is 50.9 Å². The van der Waals surface area contributed by atoms with E-state index in [9.17, 15) is 22.5 Å². The monoisotopic (exact) mass is 438 g/mol. The number of aliphatic hydroxyl groups is 1. The van der Waals surface area contributed by atoms with Gasteiger partial charge in [0.2, 0.25) is 0 Å². The maximum absolute atomic E-state index is 13.5. The highest BCUT2D eigenvalue weighted by molar-refractivity contribution is 7.86. The molecule has 9 heteroatoms. The summed E-state index contributed by atoms with van der Waals surface area (Å²) in [6.45, 7) is 5.25. The number of phenolic OH excluding ortho intramolecular Hbond substituents is 1. The Bertz CT molecular complexity index is 1020. The number of phenols is 1. The van der Waals surface area contributed by atoms with Crippen molar-refractivity contribution in [2.24, 2.45) is 0 Å². The predicted molar refractivity (Wildman–Crippen MR) is 109 cm³/mol. The van der Waals surface area contributed by atoms with Crippen LogP contribution >= 0.6 is 0 Å². The Kier molecular flexibility index (Phi) is 4.33. The molecule has 2 heterocycles. The Hall–Kier alpha value is -1.68. The smallest absolute Gasteiger partial charge is 0.315 e. The number of hydrogen-bond acceptors (Lipinski definition) is 7. The highest BCUT2D eigenvalue weighted by Crippen LogP contribution is 2.65. The summed E-state index contributed by atoms with van der Waals surface area (Å²) in [4.78, 5) is 3.72. The van der Waals surface area contributed by atoms with Crippen molar-refractivity contribution in [1.29, 1.82) is 0 Å². The largest absolute Gasteiger partial charge is 0.504 e. The summed E-state index contributed by atoms with van der Waals surface area (Å²) in [5.41, 5.74) is 0.0337. The molecule has 1 saturated heterocycles. The Morgan fingerprint density at radius 2 is 2.20 bits per heavy atom. The van der Waals surface area contributed by atoms with E-state index < -0.39 is 39.3 Å². The second-order valence-electron chi connectivity index (χ2n) is 9.17. The molecule has 2 bridgehead atoms. The first kappa shape index (κ1) is 20.2. The zero-order valence-corrected chi connectivity index (χ0v) is 17.7. The zero-order chi connectivity index (χ0) is 21.5. The molecule has 2 aliphatic carbocycles. The minimum Gasteiger partial charge on any atom is -0.504 e. The number of aromatic hydroxyl groups is 1. The highest BCUT2D eigenvalue weighted by Gasteiger charge is 2.73. The normalized spacial score (nSPS) is 37.0. The number of piperidine rings is 1. The predicted octanol–water partition coefficient (Wildman–Crippen LogP) is 1.29. The van der Waals surface area contributed by atoms with E-state index in [1.165, 1.54) is 4.90 Å². The molecule has 2 N–H and O–H groups in total. The van der Waals surface area contributed by atoms with Gasteiger partial charge in [-0.3, -0.25) is 9.80 Å². The van der Waals surface area contributed by atoms with Crippen molar-refractivity contribution in [1.82, 2.24) is 9.80 Å². The first-order chi connectivity index (χ1) is 14.1. The average Bonchev–Trinajstić information content (AvgIpc) is 3.00. The van der Waals surface area contributed by atoms with Crippen molar-refractivity contribution in [3.8, 4) is 11.5 Å². The molecule has 1 aromatic rings. The van der Waals surface area contributed by atoms with Gasteiger partial charge in [-0.15, -0.1) is 10.5 Å². The minimum atomic E-state index is -4.70. The van der Waals surface area contributed by atoms with E-state index in [0.717, 1.165) is 17.7 Å². The van der Waals surface area contributed by atoms with Gasteiger partial charge in [0, 0.05) is 24.2 Å². The van der Waals surface area contributed by atoms with Crippen LogP contribution in [0.3, 0.4) is 0 Å². The number of likely N-dealkylation sites (N-methyl/N-ethyl adjacent to an activating group) is 1. The Labute approximate surface area is 176 Å². The molecule has 1 spiro atoms. The molecule has 1 saturated carbocycles. The fraction of sp³-hybridized carbons (Fsp3) is 0.619. The van der Waals surface area contributed by atoms with Gasteiger partial charge >= 0.3 is 10.2 Å². The van der Waals surface area contributed by atoms with Gasteiger partial charge in [-0.25, -0.2) is 0 Å². The summed E-state index contributed by atoms with van der Waals surface area (Å²) in [7, 11) is -3.13. The lowest BCUT2D eigenvalue weighted by molar-refractivity contribution is -0.196. The van der Waals surface area contributed by atoms with Crippen molar-refractivity contribution in [2.75, 3.05) is 26.0 Å². The van der Waals surface area contributed by atoms with Crippen LogP contribution in [0, 0.1) is 0 Å². The molecule has 0 aromatic heterocycles. The van der Waals surface area contributed by atoms with Gasteiger partial charge in [-0.2, -0.15) is 8.42 Å². The van der Waals surface area contributed by atoms with Crippen molar-refractivity contribution in [2.45, 2.75) is 54.9 Å². The lowest BCUT2D eigenvalue weighted by Crippen LogP contribution is -2.78. The van der Waals surface area contributed by atoms with E-state index in [1.54, 1.807) is 13.1 Å². The van der Waals surface area contributed by atoms with Gasteiger partial charge in [0.1, 0.15) is 12.0 Å². The third-order valence-corrected chi connectivity index (χ3v) is 8.55. The van der Waals surface area contributed by atoms with Crippen LogP contribution in [0.1, 0.15) is 30.4 Å². The van der Waals surface area contributed by atoms with Gasteiger partial charge in [0.05, 0.1) is 11.0 Å². The molecule has 7 nitrogen and oxygen atoms in total. The maximum atomic E-state index is 13.5. The van der Waals surface area contributed by atoms with E-state index in [2.05, 4.69) is 11.5 Å². The molecule has 4 aliphatic rings. The summed E-state index contributed by atoms with van der Waals surface area (Å²) >= 11 is 0. The number of benzene rings is 1. The van der Waals surface area contributed by atoms with Gasteiger partial charge in [0.25, 0.3) is 0 Å². The highest BCUT2D eigenvalue weighted by atomic mass is 32.3. The van der Waals surface area contributed by atoms with Crippen LogP contribution in [0.5, 0.6) is 11.5 Å². The molecule has 2 unspecified atom stereocenters. The Balaban J connectivity index is 1.67. The number of likely N-dealkylation sites (tertiary alicyclic amines) is 1. The van der Waals surface area contributed by atoms with Crippen molar-refractivity contribution < 1.29 is 27.3 Å². The summed E-state index contributed by atoms with van der Waals surface area (Å²) < 4.78 is 42.4. The fourth-order valence-corrected chi connectivity index (χ4v) is 7.46. The number of halogens is 1. The number of nitrogens with zero attached hydrogens (tertiary/aromatic N) is 2. The van der Waals surface area contributed by atoms with Crippen LogP contribution in [0.2, 0.25) is 0 Å². The van der Waals surface area contributed by atoms with E-state index in [1.807, 2.05) is 12.1 Å². The van der Waals surface area contributed by atoms with Crippen LogP contribution in [-0.4, -0.2) is 78.2 Å². The molecular formula is C21H27FN2O5S. The SMILES string of the molecule is C=CCN1CC[C@]23c4c5ccc(O)c4OC2[C@H](N(C)CS(=O)(=O)F)CC[C@@]3(O)C1C5. The molecule has 0 amide bonds. The van der Waals surface area contributed by atoms with Crippen molar-refractivity contribution in [3.63, 3.8) is 0 Å². The molecule has 1 aromatic carbocycles. The van der Waals surface area contributed by atoms with Crippen LogP contribution in [-0.2, 0) is 22.1 Å². The van der Waals surface area contributed by atoms with Gasteiger partial charge in [0.15, 0.2) is 11.5 Å². The Morgan fingerprint density at radius 1 is 1.43 bits per heavy atom. The van der Waals surface area contributed by atoms with Crippen LogP contribution in [0.4, 0.5) is 3.89 Å². The summed E-state index contributed by atoms with van der Waals surface area (Å²) in [5.74, 6) is -0.325.